The van der Waals surface area contributed by atoms with Crippen LogP contribution in [0.1, 0.15) is 11.1 Å². The van der Waals surface area contributed by atoms with Crippen molar-refractivity contribution in [3.63, 3.8) is 0 Å². The molecule has 7 heteroatoms. The molecule has 2 aromatic heterocycles. The van der Waals surface area contributed by atoms with E-state index in [1.807, 2.05) is 13.2 Å². The summed E-state index contributed by atoms with van der Waals surface area (Å²) in [4.78, 5) is 10.1. The monoisotopic (exact) mass is 252 g/mol. The number of hydrogen-bond donors (Lipinski definition) is 1. The highest BCUT2D eigenvalue weighted by molar-refractivity contribution is 7.13. The number of nitro groups is 1. The summed E-state index contributed by atoms with van der Waals surface area (Å²) in [5.74, 6) is 0. The summed E-state index contributed by atoms with van der Waals surface area (Å²) in [6, 6.07) is 1.60. The van der Waals surface area contributed by atoms with Gasteiger partial charge in [0.1, 0.15) is 0 Å². The van der Waals surface area contributed by atoms with Crippen molar-refractivity contribution in [2.24, 2.45) is 7.05 Å². The SMILES string of the molecule is Cn1cc(CNCc2csc([N+](=O)[O-])c2)cn1. The van der Waals surface area contributed by atoms with E-state index in [1.54, 1.807) is 22.3 Å². The van der Waals surface area contributed by atoms with Crippen LogP contribution in [0, 0.1) is 10.1 Å². The van der Waals surface area contributed by atoms with E-state index in [1.165, 1.54) is 0 Å². The molecule has 0 saturated carbocycles. The van der Waals surface area contributed by atoms with Gasteiger partial charge in [0.15, 0.2) is 0 Å². The van der Waals surface area contributed by atoms with E-state index in [4.69, 9.17) is 0 Å². The minimum absolute atomic E-state index is 0.183. The van der Waals surface area contributed by atoms with Gasteiger partial charge in [-0.05, 0) is 5.56 Å². The zero-order valence-corrected chi connectivity index (χ0v) is 10.1. The Morgan fingerprint density at radius 1 is 1.53 bits per heavy atom. The fourth-order valence-corrected chi connectivity index (χ4v) is 2.19. The molecule has 0 radical (unpaired) electrons. The zero-order chi connectivity index (χ0) is 12.3. The number of hydrogen-bond acceptors (Lipinski definition) is 5. The lowest BCUT2D eigenvalue weighted by atomic mass is 10.3. The van der Waals surface area contributed by atoms with E-state index in [0.717, 1.165) is 22.5 Å². The minimum Gasteiger partial charge on any atom is -0.308 e. The fourth-order valence-electron chi connectivity index (χ4n) is 1.47. The first kappa shape index (κ1) is 11.7. The maximum absolute atomic E-state index is 10.5. The maximum atomic E-state index is 10.5. The van der Waals surface area contributed by atoms with Crippen molar-refractivity contribution < 1.29 is 4.92 Å². The molecular weight excluding hydrogens is 240 g/mol. The average Bonchev–Trinajstić information content (AvgIpc) is 2.88. The zero-order valence-electron chi connectivity index (χ0n) is 9.29. The van der Waals surface area contributed by atoms with Gasteiger partial charge >= 0.3 is 5.00 Å². The smallest absolute Gasteiger partial charge is 0.308 e. The number of aryl methyl sites for hydroxylation is 1. The van der Waals surface area contributed by atoms with E-state index in [9.17, 15) is 10.1 Å². The van der Waals surface area contributed by atoms with Gasteiger partial charge in [-0.1, -0.05) is 11.3 Å². The van der Waals surface area contributed by atoms with Gasteiger partial charge in [-0.3, -0.25) is 14.8 Å². The Balaban J connectivity index is 1.83. The van der Waals surface area contributed by atoms with Gasteiger partial charge in [-0.25, -0.2) is 0 Å². The molecule has 90 valence electrons. The summed E-state index contributed by atoms with van der Waals surface area (Å²) in [5.41, 5.74) is 2.03. The first-order valence-electron chi connectivity index (χ1n) is 5.05. The largest absolute Gasteiger partial charge is 0.324 e. The summed E-state index contributed by atoms with van der Waals surface area (Å²) in [7, 11) is 1.87. The van der Waals surface area contributed by atoms with E-state index >= 15 is 0 Å². The normalized spacial score (nSPS) is 10.6. The van der Waals surface area contributed by atoms with E-state index in [2.05, 4.69) is 10.4 Å². The molecule has 0 aliphatic rings. The molecule has 0 aliphatic heterocycles. The molecule has 0 aliphatic carbocycles. The fraction of sp³-hybridized carbons (Fsp3) is 0.300. The molecule has 0 fully saturated rings. The third-order valence-corrected chi connectivity index (χ3v) is 3.17. The van der Waals surface area contributed by atoms with Crippen LogP contribution >= 0.6 is 11.3 Å². The number of rotatable bonds is 5. The summed E-state index contributed by atoms with van der Waals surface area (Å²) >= 11 is 1.15. The predicted octanol–water partition coefficient (Wildman–Crippen LogP) is 1.68. The van der Waals surface area contributed by atoms with Crippen LogP contribution < -0.4 is 5.32 Å². The molecule has 0 aromatic carbocycles. The second-order valence-electron chi connectivity index (χ2n) is 3.68. The molecule has 1 N–H and O–H groups in total. The molecular formula is C10H12N4O2S. The minimum atomic E-state index is -0.366. The molecule has 17 heavy (non-hydrogen) atoms. The number of nitrogens with zero attached hydrogens (tertiary/aromatic N) is 3. The molecule has 0 spiro atoms. The highest BCUT2D eigenvalue weighted by atomic mass is 32.1. The Hall–Kier alpha value is -1.73. The molecule has 2 aromatic rings. The van der Waals surface area contributed by atoms with Crippen LogP contribution in [0.2, 0.25) is 0 Å². The molecule has 6 nitrogen and oxygen atoms in total. The van der Waals surface area contributed by atoms with Crippen LogP contribution in [-0.4, -0.2) is 14.7 Å². The topological polar surface area (TPSA) is 73.0 Å². The van der Waals surface area contributed by atoms with Gasteiger partial charge in [0, 0.05) is 43.3 Å². The highest BCUT2D eigenvalue weighted by Gasteiger charge is 2.08. The maximum Gasteiger partial charge on any atom is 0.324 e. The van der Waals surface area contributed by atoms with Crippen molar-refractivity contribution in [3.05, 3.63) is 45.1 Å². The lowest BCUT2D eigenvalue weighted by Crippen LogP contribution is -2.11. The Morgan fingerprint density at radius 3 is 2.88 bits per heavy atom. The summed E-state index contributed by atoms with van der Waals surface area (Å²) in [5, 5.41) is 19.8. The first-order valence-corrected chi connectivity index (χ1v) is 5.93. The molecule has 0 unspecified atom stereocenters. The number of nitrogens with one attached hydrogen (secondary N) is 1. The van der Waals surface area contributed by atoms with Gasteiger partial charge in [0.05, 0.1) is 11.1 Å². The van der Waals surface area contributed by atoms with Gasteiger partial charge in [0.2, 0.25) is 0 Å². The molecule has 2 heterocycles. The quantitative estimate of drug-likeness (QED) is 0.649. The third-order valence-electron chi connectivity index (χ3n) is 2.24. The predicted molar refractivity (Wildman–Crippen MR) is 64.7 cm³/mol. The number of aromatic nitrogens is 2. The third kappa shape index (κ3) is 3.11. The average molecular weight is 252 g/mol. The number of thiophene rings is 1. The van der Waals surface area contributed by atoms with Crippen LogP contribution in [0.15, 0.2) is 23.8 Å². The lowest BCUT2D eigenvalue weighted by Gasteiger charge is -1.99. The second kappa shape index (κ2) is 5.07. The summed E-state index contributed by atoms with van der Waals surface area (Å²) in [6.45, 7) is 1.33. The van der Waals surface area contributed by atoms with Gasteiger partial charge in [0.25, 0.3) is 0 Å². The molecule has 0 saturated heterocycles. The molecule has 0 bridgehead atoms. The second-order valence-corrected chi connectivity index (χ2v) is 4.57. The first-order chi connectivity index (χ1) is 8.15. The lowest BCUT2D eigenvalue weighted by molar-refractivity contribution is -0.380. The van der Waals surface area contributed by atoms with Crippen LogP contribution in [0.4, 0.5) is 5.00 Å². The van der Waals surface area contributed by atoms with Crippen molar-refractivity contribution in [1.29, 1.82) is 0 Å². The molecule has 0 atom stereocenters. The summed E-state index contributed by atoms with van der Waals surface area (Å²) in [6.07, 6.45) is 3.73. The standard InChI is InChI=1S/C10H12N4O2S/c1-13-6-9(5-12-13)4-11-3-8-2-10(14(15)16)17-7-8/h2,5-7,11H,3-4H2,1H3. The summed E-state index contributed by atoms with van der Waals surface area (Å²) < 4.78 is 1.74. The highest BCUT2D eigenvalue weighted by Crippen LogP contribution is 2.22. The Kier molecular flexibility index (Phi) is 3.50. The van der Waals surface area contributed by atoms with Crippen molar-refractivity contribution in [3.8, 4) is 0 Å². The Morgan fingerprint density at radius 2 is 2.29 bits per heavy atom. The van der Waals surface area contributed by atoms with Crippen molar-refractivity contribution >= 4 is 16.3 Å². The van der Waals surface area contributed by atoms with Gasteiger partial charge in [-0.15, -0.1) is 0 Å². The van der Waals surface area contributed by atoms with Crippen LogP contribution in [-0.2, 0) is 20.1 Å². The van der Waals surface area contributed by atoms with Crippen LogP contribution in [0.5, 0.6) is 0 Å². The van der Waals surface area contributed by atoms with Crippen LogP contribution in [0.3, 0.4) is 0 Å². The van der Waals surface area contributed by atoms with E-state index in [-0.39, 0.29) is 9.92 Å². The van der Waals surface area contributed by atoms with Gasteiger partial charge in [-0.2, -0.15) is 5.10 Å². The van der Waals surface area contributed by atoms with Crippen molar-refractivity contribution in [1.82, 2.24) is 15.1 Å². The molecule has 2 rings (SSSR count). The Bertz CT molecular complexity index is 520. The van der Waals surface area contributed by atoms with Gasteiger partial charge < -0.3 is 5.32 Å². The van der Waals surface area contributed by atoms with E-state index < -0.39 is 0 Å². The van der Waals surface area contributed by atoms with Crippen LogP contribution in [0.25, 0.3) is 0 Å². The molecule has 0 amide bonds. The van der Waals surface area contributed by atoms with Crippen molar-refractivity contribution in [2.45, 2.75) is 13.1 Å². The van der Waals surface area contributed by atoms with E-state index in [0.29, 0.717) is 13.1 Å². The Labute approximate surface area is 102 Å². The van der Waals surface area contributed by atoms with Crippen molar-refractivity contribution in [2.75, 3.05) is 0 Å².